The third-order valence-corrected chi connectivity index (χ3v) is 5.30. The first-order chi connectivity index (χ1) is 12.8. The molecule has 0 radical (unpaired) electrons. The van der Waals surface area contributed by atoms with Crippen molar-refractivity contribution in [2.75, 3.05) is 27.7 Å². The van der Waals surface area contributed by atoms with Crippen LogP contribution in [-0.2, 0) is 9.53 Å². The summed E-state index contributed by atoms with van der Waals surface area (Å²) in [5.41, 5.74) is 3.23. The van der Waals surface area contributed by atoms with Crippen LogP contribution >= 0.6 is 0 Å². The Bertz CT molecular complexity index is 644. The van der Waals surface area contributed by atoms with Gasteiger partial charge in [-0.25, -0.2) is 0 Å². The second kappa shape index (κ2) is 9.90. The van der Waals surface area contributed by atoms with E-state index in [1.54, 1.807) is 7.11 Å². The number of amides is 1. The van der Waals surface area contributed by atoms with Gasteiger partial charge in [-0.1, -0.05) is 24.3 Å². The van der Waals surface area contributed by atoms with Gasteiger partial charge >= 0.3 is 0 Å². The van der Waals surface area contributed by atoms with Crippen molar-refractivity contribution >= 4 is 5.91 Å². The molecule has 3 unspecified atom stereocenters. The molecule has 5 heteroatoms. The number of hydrogen-bond donors (Lipinski definition) is 2. The summed E-state index contributed by atoms with van der Waals surface area (Å²) in [7, 11) is 5.61. The molecule has 1 heterocycles. The minimum Gasteiger partial charge on any atom is -0.378 e. The Morgan fingerprint density at radius 1 is 1.30 bits per heavy atom. The molecule has 27 heavy (non-hydrogen) atoms. The average molecular weight is 374 g/mol. The molecule has 1 aliphatic carbocycles. The molecule has 0 aromatic carbocycles. The van der Waals surface area contributed by atoms with Crippen molar-refractivity contribution in [2.45, 2.75) is 51.8 Å². The lowest BCUT2D eigenvalue weighted by atomic mass is 10.0. The molecule has 1 saturated carbocycles. The first-order valence-corrected chi connectivity index (χ1v) is 9.88. The molecule has 1 amide bonds. The van der Waals surface area contributed by atoms with E-state index in [4.69, 9.17) is 4.74 Å². The number of hydrogen-bond acceptors (Lipinski definition) is 4. The van der Waals surface area contributed by atoms with E-state index in [0.29, 0.717) is 0 Å². The number of nitrogens with one attached hydrogen (secondary N) is 2. The number of carbonyl (C=O) groups is 1. The van der Waals surface area contributed by atoms with Gasteiger partial charge in [-0.2, -0.15) is 0 Å². The fourth-order valence-corrected chi connectivity index (χ4v) is 3.09. The Kier molecular flexibility index (Phi) is 7.87. The van der Waals surface area contributed by atoms with Gasteiger partial charge in [0.05, 0.1) is 12.1 Å². The van der Waals surface area contributed by atoms with Crippen LogP contribution in [0.15, 0.2) is 47.2 Å². The van der Waals surface area contributed by atoms with Crippen molar-refractivity contribution in [3.8, 4) is 0 Å². The van der Waals surface area contributed by atoms with Crippen LogP contribution in [0.5, 0.6) is 0 Å². The number of rotatable bonds is 9. The highest BCUT2D eigenvalue weighted by molar-refractivity contribution is 5.93. The zero-order valence-electron chi connectivity index (χ0n) is 17.6. The van der Waals surface area contributed by atoms with Gasteiger partial charge in [0.25, 0.3) is 5.91 Å². The van der Waals surface area contributed by atoms with E-state index < -0.39 is 0 Å². The molecule has 1 aliphatic heterocycles. The number of nitrogens with zero attached hydrogens (tertiary/aromatic N) is 1. The van der Waals surface area contributed by atoms with Gasteiger partial charge < -0.3 is 20.3 Å². The smallest absolute Gasteiger partial charge is 0.268 e. The number of carbonyl (C=O) groups excluding carboxylic acids is 1. The van der Waals surface area contributed by atoms with E-state index >= 15 is 0 Å². The van der Waals surface area contributed by atoms with Crippen molar-refractivity contribution in [1.29, 1.82) is 0 Å². The third-order valence-electron chi connectivity index (χ3n) is 5.30. The van der Waals surface area contributed by atoms with E-state index in [1.807, 2.05) is 46.2 Å². The Labute approximate surface area is 164 Å². The minimum absolute atomic E-state index is 0.0272. The van der Waals surface area contributed by atoms with Gasteiger partial charge in [0.2, 0.25) is 0 Å². The lowest BCUT2D eigenvalue weighted by Gasteiger charge is -2.28. The molecular formula is C22H35N3O2. The summed E-state index contributed by atoms with van der Waals surface area (Å²) < 4.78 is 5.30. The van der Waals surface area contributed by atoms with Crippen LogP contribution in [0, 0.1) is 5.92 Å². The molecule has 0 spiro atoms. The quantitative estimate of drug-likeness (QED) is 0.610. The normalized spacial score (nSPS) is 21.6. The molecule has 2 rings (SSSR count). The summed E-state index contributed by atoms with van der Waals surface area (Å²) in [6, 6.07) is 0.110. The molecule has 0 saturated heterocycles. The second-order valence-corrected chi connectivity index (χ2v) is 7.66. The maximum absolute atomic E-state index is 12.8. The number of likely N-dealkylation sites (N-methyl/N-ethyl adjacent to an activating group) is 2. The fraction of sp³-hybridized carbons (Fsp3) is 0.591. The van der Waals surface area contributed by atoms with Crippen molar-refractivity contribution < 1.29 is 9.53 Å². The summed E-state index contributed by atoms with van der Waals surface area (Å²) in [6.07, 6.45) is 12.9. The van der Waals surface area contributed by atoms with E-state index in [-0.39, 0.29) is 24.1 Å². The monoisotopic (exact) mass is 373 g/mol. The van der Waals surface area contributed by atoms with Gasteiger partial charge in [-0.3, -0.25) is 4.79 Å². The van der Waals surface area contributed by atoms with Gasteiger partial charge in [-0.05, 0) is 63.8 Å². The Balaban J connectivity index is 2.08. The lowest BCUT2D eigenvalue weighted by molar-refractivity contribution is -0.119. The summed E-state index contributed by atoms with van der Waals surface area (Å²) in [6.45, 7) is 6.94. The molecule has 0 aromatic heterocycles. The molecule has 0 aromatic rings. The highest BCUT2D eigenvalue weighted by Gasteiger charge is 2.29. The van der Waals surface area contributed by atoms with Crippen molar-refractivity contribution in [2.24, 2.45) is 5.92 Å². The first kappa shape index (κ1) is 21.5. The lowest BCUT2D eigenvalue weighted by Crippen LogP contribution is -2.40. The van der Waals surface area contributed by atoms with E-state index in [2.05, 4.69) is 34.6 Å². The molecule has 2 aliphatic rings. The predicted octanol–water partition coefficient (Wildman–Crippen LogP) is 2.78. The largest absolute Gasteiger partial charge is 0.378 e. The van der Waals surface area contributed by atoms with E-state index in [0.717, 1.165) is 23.7 Å². The zero-order chi connectivity index (χ0) is 20.0. The molecule has 1 fully saturated rings. The average Bonchev–Trinajstić information content (AvgIpc) is 3.49. The minimum atomic E-state index is -0.100. The summed E-state index contributed by atoms with van der Waals surface area (Å²) in [4.78, 5) is 14.9. The highest BCUT2D eigenvalue weighted by atomic mass is 16.5. The van der Waals surface area contributed by atoms with Crippen molar-refractivity contribution in [3.63, 3.8) is 0 Å². The summed E-state index contributed by atoms with van der Waals surface area (Å²) in [5.74, 6) is 0.699. The number of allylic oxidation sites excluding steroid dienone is 2. The van der Waals surface area contributed by atoms with E-state index in [9.17, 15) is 4.79 Å². The van der Waals surface area contributed by atoms with Gasteiger partial charge in [0.1, 0.15) is 5.70 Å². The van der Waals surface area contributed by atoms with Crippen LogP contribution in [0.3, 0.4) is 0 Å². The Morgan fingerprint density at radius 2 is 2.00 bits per heavy atom. The van der Waals surface area contributed by atoms with Crippen LogP contribution in [0.1, 0.15) is 33.6 Å². The SMILES string of the molecule is CNC(C)/C=C(\C=C\C(C)OC)C(C)NC(=O)C1=CC=C(C2CC2)CN1C. The third kappa shape index (κ3) is 6.36. The maximum Gasteiger partial charge on any atom is 0.268 e. The fourth-order valence-electron chi connectivity index (χ4n) is 3.09. The first-order valence-electron chi connectivity index (χ1n) is 9.88. The van der Waals surface area contributed by atoms with Gasteiger partial charge in [0, 0.05) is 26.7 Å². The Morgan fingerprint density at radius 3 is 2.56 bits per heavy atom. The molecule has 0 bridgehead atoms. The van der Waals surface area contributed by atoms with Gasteiger partial charge in [-0.15, -0.1) is 0 Å². The summed E-state index contributed by atoms with van der Waals surface area (Å²) in [5, 5.41) is 6.36. The zero-order valence-corrected chi connectivity index (χ0v) is 17.6. The maximum atomic E-state index is 12.8. The second-order valence-electron chi connectivity index (χ2n) is 7.66. The molecule has 3 atom stereocenters. The van der Waals surface area contributed by atoms with Crippen LogP contribution in [0.4, 0.5) is 0 Å². The predicted molar refractivity (Wildman–Crippen MR) is 111 cm³/mol. The molecule has 5 nitrogen and oxygen atoms in total. The number of ether oxygens (including phenoxy) is 1. The van der Waals surface area contributed by atoms with Crippen LogP contribution in [-0.4, -0.2) is 56.7 Å². The van der Waals surface area contributed by atoms with Crippen LogP contribution in [0.25, 0.3) is 0 Å². The highest BCUT2D eigenvalue weighted by Crippen LogP contribution is 2.38. The van der Waals surface area contributed by atoms with Crippen LogP contribution in [0.2, 0.25) is 0 Å². The summed E-state index contributed by atoms with van der Waals surface area (Å²) >= 11 is 0. The standard InChI is InChI=1S/C22H35N3O2/c1-15(23-4)13-19(8-7-16(2)27-6)17(3)24-22(26)21-12-11-20(14-25(21)5)18-9-10-18/h7-8,11-13,15-18,23H,9-10,14H2,1-6H3,(H,24,26)/b8-7+,19-13+. The van der Waals surface area contributed by atoms with Crippen LogP contribution < -0.4 is 10.6 Å². The molecular weight excluding hydrogens is 338 g/mol. The molecule has 150 valence electrons. The topological polar surface area (TPSA) is 53.6 Å². The number of methoxy groups -OCH3 is 1. The van der Waals surface area contributed by atoms with E-state index in [1.165, 1.54) is 18.4 Å². The molecule has 2 N–H and O–H groups in total. The van der Waals surface area contributed by atoms with Crippen molar-refractivity contribution in [1.82, 2.24) is 15.5 Å². The van der Waals surface area contributed by atoms with Crippen molar-refractivity contribution in [3.05, 3.63) is 47.2 Å². The Hall–Kier alpha value is -1.85. The van der Waals surface area contributed by atoms with Gasteiger partial charge in [0.15, 0.2) is 0 Å².